The SMILES string of the molecule is O=C1C(O)=C(c2ccccc2)C(c2ccc(Cl)cc2)N1C1NNNN1. The van der Waals surface area contributed by atoms with Crippen molar-refractivity contribution in [2.24, 2.45) is 0 Å². The highest BCUT2D eigenvalue weighted by atomic mass is 35.5. The van der Waals surface area contributed by atoms with E-state index >= 15 is 0 Å². The number of aliphatic hydroxyl groups is 1. The Morgan fingerprint density at radius 1 is 0.960 bits per heavy atom. The van der Waals surface area contributed by atoms with Gasteiger partial charge in [-0.05, 0) is 23.3 Å². The largest absolute Gasteiger partial charge is 0.503 e. The summed E-state index contributed by atoms with van der Waals surface area (Å²) in [5.74, 6) is -0.726. The summed E-state index contributed by atoms with van der Waals surface area (Å²) in [4.78, 5) is 14.3. The Labute approximate surface area is 149 Å². The van der Waals surface area contributed by atoms with E-state index in [1.807, 2.05) is 42.5 Å². The third-order valence-electron chi connectivity index (χ3n) is 4.27. The van der Waals surface area contributed by atoms with Crippen LogP contribution in [0.3, 0.4) is 0 Å². The molecule has 0 bridgehead atoms. The summed E-state index contributed by atoms with van der Waals surface area (Å²) in [6.45, 7) is 0. The van der Waals surface area contributed by atoms with E-state index < -0.39 is 18.2 Å². The van der Waals surface area contributed by atoms with Crippen LogP contribution in [-0.2, 0) is 4.79 Å². The van der Waals surface area contributed by atoms with E-state index in [-0.39, 0.29) is 5.76 Å². The number of carbonyl (C=O) groups is 1. The van der Waals surface area contributed by atoms with Crippen molar-refractivity contribution in [2.75, 3.05) is 0 Å². The number of hydrazine groups is 3. The normalized spacial score (nSPS) is 21.4. The van der Waals surface area contributed by atoms with Crippen LogP contribution in [0.2, 0.25) is 5.02 Å². The van der Waals surface area contributed by atoms with Gasteiger partial charge in [0.05, 0.1) is 6.04 Å². The first-order valence-corrected chi connectivity index (χ1v) is 8.12. The third kappa shape index (κ3) is 2.78. The maximum atomic E-state index is 12.8. The average Bonchev–Trinajstić information content (AvgIpc) is 3.24. The second-order valence-electron chi connectivity index (χ2n) is 5.74. The number of halogens is 1. The highest BCUT2D eigenvalue weighted by molar-refractivity contribution is 6.30. The van der Waals surface area contributed by atoms with Gasteiger partial charge in [-0.2, -0.15) is 11.1 Å². The summed E-state index contributed by atoms with van der Waals surface area (Å²) in [6, 6.07) is 16.1. The number of aliphatic hydroxyl groups excluding tert-OH is 1. The molecular weight excluding hydrogens is 342 g/mol. The number of hydrogen-bond donors (Lipinski definition) is 5. The van der Waals surface area contributed by atoms with Crippen LogP contribution in [0, 0.1) is 0 Å². The molecule has 0 aliphatic carbocycles. The zero-order chi connectivity index (χ0) is 17.4. The highest BCUT2D eigenvalue weighted by Gasteiger charge is 2.45. The van der Waals surface area contributed by atoms with Crippen molar-refractivity contribution >= 4 is 23.1 Å². The van der Waals surface area contributed by atoms with Crippen molar-refractivity contribution < 1.29 is 9.90 Å². The van der Waals surface area contributed by atoms with E-state index in [1.165, 1.54) is 4.90 Å². The van der Waals surface area contributed by atoms with Gasteiger partial charge in [-0.1, -0.05) is 54.1 Å². The summed E-state index contributed by atoms with van der Waals surface area (Å²) >= 11 is 6.01. The van der Waals surface area contributed by atoms with Crippen LogP contribution in [0.4, 0.5) is 0 Å². The van der Waals surface area contributed by atoms with Crippen LogP contribution in [0.25, 0.3) is 5.57 Å². The predicted molar refractivity (Wildman–Crippen MR) is 93.4 cm³/mol. The molecule has 1 saturated heterocycles. The van der Waals surface area contributed by atoms with Crippen LogP contribution in [-0.4, -0.2) is 22.2 Å². The third-order valence-corrected chi connectivity index (χ3v) is 4.52. The van der Waals surface area contributed by atoms with Crippen LogP contribution >= 0.6 is 11.6 Å². The van der Waals surface area contributed by atoms with Crippen LogP contribution < -0.4 is 21.9 Å². The highest BCUT2D eigenvalue weighted by Crippen LogP contribution is 2.43. The van der Waals surface area contributed by atoms with Gasteiger partial charge in [-0.25, -0.2) is 10.9 Å². The maximum absolute atomic E-state index is 12.8. The second-order valence-corrected chi connectivity index (χ2v) is 6.17. The molecule has 0 radical (unpaired) electrons. The number of nitrogens with zero attached hydrogens (tertiary/aromatic N) is 1. The van der Waals surface area contributed by atoms with Crippen molar-refractivity contribution in [1.82, 2.24) is 26.8 Å². The van der Waals surface area contributed by atoms with E-state index in [2.05, 4.69) is 21.9 Å². The zero-order valence-corrected chi connectivity index (χ0v) is 13.8. The standard InChI is InChI=1S/C17H16ClN5O2/c18-12-8-6-11(7-9-12)14-13(10-4-2-1-3-5-10)15(24)16(25)23(14)17-19-21-22-20-17/h1-9,14,17,19-22,24H. The van der Waals surface area contributed by atoms with E-state index in [4.69, 9.17) is 11.6 Å². The monoisotopic (exact) mass is 357 g/mol. The minimum Gasteiger partial charge on any atom is -0.503 e. The molecule has 2 aliphatic heterocycles. The fourth-order valence-electron chi connectivity index (χ4n) is 3.16. The van der Waals surface area contributed by atoms with Gasteiger partial charge < -0.3 is 5.11 Å². The number of hydrogen-bond acceptors (Lipinski definition) is 6. The molecule has 2 aromatic rings. The van der Waals surface area contributed by atoms with E-state index in [0.717, 1.165) is 11.1 Å². The lowest BCUT2D eigenvalue weighted by atomic mass is 9.93. The Balaban J connectivity index is 1.84. The lowest BCUT2D eigenvalue weighted by molar-refractivity contribution is -0.132. The first kappa shape index (κ1) is 16.1. The molecule has 0 saturated carbocycles. The molecule has 1 atom stereocenters. The molecule has 0 spiro atoms. The van der Waals surface area contributed by atoms with E-state index in [0.29, 0.717) is 10.6 Å². The van der Waals surface area contributed by atoms with Crippen molar-refractivity contribution in [2.45, 2.75) is 12.3 Å². The first-order valence-electron chi connectivity index (χ1n) is 7.74. The number of nitrogens with one attached hydrogen (secondary N) is 4. The Morgan fingerprint density at radius 2 is 1.60 bits per heavy atom. The Morgan fingerprint density at radius 3 is 2.24 bits per heavy atom. The van der Waals surface area contributed by atoms with Crippen LogP contribution in [0.1, 0.15) is 17.2 Å². The molecule has 2 aromatic carbocycles. The summed E-state index contributed by atoms with van der Waals surface area (Å²) in [5, 5.41) is 11.2. The Bertz CT molecular complexity index is 819. The molecule has 0 aromatic heterocycles. The second kappa shape index (κ2) is 6.47. The van der Waals surface area contributed by atoms with Crippen molar-refractivity contribution in [3.05, 3.63) is 76.5 Å². The van der Waals surface area contributed by atoms with E-state index in [1.54, 1.807) is 12.1 Å². The Kier molecular flexibility index (Phi) is 4.16. The predicted octanol–water partition coefficient (Wildman–Crippen LogP) is 1.59. The Hall–Kier alpha value is -2.42. The molecule has 1 amide bonds. The van der Waals surface area contributed by atoms with Crippen molar-refractivity contribution in [1.29, 1.82) is 0 Å². The maximum Gasteiger partial charge on any atom is 0.292 e. The molecular formula is C17H16ClN5O2. The van der Waals surface area contributed by atoms with E-state index in [9.17, 15) is 9.90 Å². The lowest BCUT2D eigenvalue weighted by Crippen LogP contribution is -2.52. The van der Waals surface area contributed by atoms with Gasteiger partial charge in [0.1, 0.15) is 0 Å². The number of rotatable bonds is 3. The molecule has 1 fully saturated rings. The molecule has 2 aliphatic rings. The average molecular weight is 358 g/mol. The number of amides is 1. The number of carbonyl (C=O) groups excluding carboxylic acids is 1. The fourth-order valence-corrected chi connectivity index (χ4v) is 3.28. The van der Waals surface area contributed by atoms with Crippen molar-refractivity contribution in [3.63, 3.8) is 0 Å². The molecule has 1 unspecified atom stereocenters. The lowest BCUT2D eigenvalue weighted by Gasteiger charge is -2.31. The molecule has 4 rings (SSSR count). The topological polar surface area (TPSA) is 88.7 Å². The molecule has 128 valence electrons. The minimum atomic E-state index is -0.545. The summed E-state index contributed by atoms with van der Waals surface area (Å²) in [5.41, 5.74) is 13.4. The summed E-state index contributed by atoms with van der Waals surface area (Å²) < 4.78 is 0. The fraction of sp³-hybridized carbons (Fsp3) is 0.118. The summed E-state index contributed by atoms with van der Waals surface area (Å²) in [7, 11) is 0. The summed E-state index contributed by atoms with van der Waals surface area (Å²) in [6.07, 6.45) is -0.545. The zero-order valence-electron chi connectivity index (χ0n) is 13.0. The molecule has 7 nitrogen and oxygen atoms in total. The van der Waals surface area contributed by atoms with Gasteiger partial charge in [0, 0.05) is 10.6 Å². The van der Waals surface area contributed by atoms with Gasteiger partial charge in [-0.15, -0.1) is 0 Å². The van der Waals surface area contributed by atoms with Gasteiger partial charge in [0.2, 0.25) is 0 Å². The molecule has 5 N–H and O–H groups in total. The van der Waals surface area contributed by atoms with Crippen molar-refractivity contribution in [3.8, 4) is 0 Å². The minimum absolute atomic E-state index is 0.262. The smallest absolute Gasteiger partial charge is 0.292 e. The number of benzene rings is 2. The molecule has 25 heavy (non-hydrogen) atoms. The van der Waals surface area contributed by atoms with Crippen LogP contribution in [0.15, 0.2) is 60.4 Å². The quantitative estimate of drug-likeness (QED) is 0.573. The van der Waals surface area contributed by atoms with Gasteiger partial charge in [-0.3, -0.25) is 9.69 Å². The van der Waals surface area contributed by atoms with Gasteiger partial charge in [0.15, 0.2) is 12.0 Å². The first-order chi connectivity index (χ1) is 12.2. The van der Waals surface area contributed by atoms with Crippen LogP contribution in [0.5, 0.6) is 0 Å². The molecule has 2 heterocycles. The molecule has 8 heteroatoms. The van der Waals surface area contributed by atoms with Gasteiger partial charge >= 0.3 is 0 Å². The van der Waals surface area contributed by atoms with Gasteiger partial charge in [0.25, 0.3) is 5.91 Å².